The van der Waals surface area contributed by atoms with Crippen LogP contribution < -0.4 is 20.5 Å². The minimum Gasteiger partial charge on any atom is -0.495 e. The van der Waals surface area contributed by atoms with Crippen molar-refractivity contribution in [1.29, 1.82) is 0 Å². The number of anilines is 2. The minimum atomic E-state index is -0.687. The number of carbonyl (C=O) groups is 2. The summed E-state index contributed by atoms with van der Waals surface area (Å²) in [5, 5.41) is 3.25. The molecule has 0 aliphatic carbocycles. The Morgan fingerprint density at radius 3 is 2.67 bits per heavy atom. The van der Waals surface area contributed by atoms with Crippen LogP contribution in [0.15, 0.2) is 36.5 Å². The van der Waals surface area contributed by atoms with Gasteiger partial charge in [-0.2, -0.15) is 4.98 Å². The largest absolute Gasteiger partial charge is 0.495 e. The summed E-state index contributed by atoms with van der Waals surface area (Å²) in [5.41, 5.74) is 7.17. The number of ether oxygens (including phenoxy) is 2. The van der Waals surface area contributed by atoms with E-state index < -0.39 is 5.91 Å². The molecule has 1 atom stereocenters. The molecule has 1 aromatic heterocycles. The normalized spacial score (nSPS) is 14.8. The van der Waals surface area contributed by atoms with E-state index in [0.717, 1.165) is 5.56 Å². The zero-order valence-corrected chi connectivity index (χ0v) is 19.4. The van der Waals surface area contributed by atoms with Crippen LogP contribution in [0.2, 0.25) is 10.0 Å². The Hall–Kier alpha value is -3.56. The highest BCUT2D eigenvalue weighted by molar-refractivity contribution is 6.34. The standard InChI is InChI=1S/C22H19Cl2N5O4/c1-10-11-5-4-6-16(18(11)21(31)29(10)2)33-20-14(24)9-26-22(28-20)27-15-8-13(23)12(19(25)30)7-17(15)32-3/h4-10H,1-3H3,(H2,25,30)(H,26,27,28). The van der Waals surface area contributed by atoms with Crippen molar-refractivity contribution < 1.29 is 19.1 Å². The van der Waals surface area contributed by atoms with Crippen molar-refractivity contribution in [2.45, 2.75) is 13.0 Å². The molecule has 33 heavy (non-hydrogen) atoms. The first-order valence-corrected chi connectivity index (χ1v) is 10.5. The van der Waals surface area contributed by atoms with Gasteiger partial charge in [0.15, 0.2) is 0 Å². The van der Waals surface area contributed by atoms with Gasteiger partial charge < -0.3 is 25.4 Å². The Morgan fingerprint density at radius 2 is 1.97 bits per heavy atom. The second-order valence-electron chi connectivity index (χ2n) is 7.28. The van der Waals surface area contributed by atoms with E-state index in [9.17, 15) is 9.59 Å². The predicted molar refractivity (Wildman–Crippen MR) is 124 cm³/mol. The molecule has 0 radical (unpaired) electrons. The number of benzene rings is 2. The molecule has 1 aliphatic heterocycles. The van der Waals surface area contributed by atoms with Crippen molar-refractivity contribution in [3.05, 3.63) is 63.3 Å². The number of aromatic nitrogens is 2. The van der Waals surface area contributed by atoms with Crippen molar-refractivity contribution in [2.24, 2.45) is 5.73 Å². The maximum absolute atomic E-state index is 12.7. The molecular formula is C22H19Cl2N5O4. The van der Waals surface area contributed by atoms with Crippen LogP contribution in [0, 0.1) is 0 Å². The fraction of sp³-hybridized carbons (Fsp3) is 0.182. The minimum absolute atomic E-state index is 0.0522. The molecule has 3 N–H and O–H groups in total. The summed E-state index contributed by atoms with van der Waals surface area (Å²) in [6, 6.07) is 8.18. The van der Waals surface area contributed by atoms with E-state index in [1.165, 1.54) is 25.4 Å². The first-order chi connectivity index (χ1) is 15.7. The van der Waals surface area contributed by atoms with Gasteiger partial charge in [-0.1, -0.05) is 35.3 Å². The van der Waals surface area contributed by atoms with Gasteiger partial charge in [0.25, 0.3) is 5.91 Å². The molecule has 11 heteroatoms. The average Bonchev–Trinajstić information content (AvgIpc) is 3.00. The number of halogens is 2. The Labute approximate surface area is 199 Å². The number of carbonyl (C=O) groups excluding carboxylic acids is 2. The lowest BCUT2D eigenvalue weighted by atomic mass is 10.1. The van der Waals surface area contributed by atoms with Crippen molar-refractivity contribution in [2.75, 3.05) is 19.5 Å². The summed E-state index contributed by atoms with van der Waals surface area (Å²) < 4.78 is 11.3. The smallest absolute Gasteiger partial charge is 0.258 e. The van der Waals surface area contributed by atoms with Crippen LogP contribution in [0.4, 0.5) is 11.6 Å². The number of nitrogens with one attached hydrogen (secondary N) is 1. The molecule has 2 amide bonds. The van der Waals surface area contributed by atoms with E-state index in [2.05, 4.69) is 15.3 Å². The van der Waals surface area contributed by atoms with E-state index in [1.807, 2.05) is 13.0 Å². The number of methoxy groups -OCH3 is 1. The molecule has 9 nitrogen and oxygen atoms in total. The molecule has 1 aliphatic rings. The van der Waals surface area contributed by atoms with Crippen LogP contribution in [0.1, 0.15) is 39.2 Å². The Balaban J connectivity index is 1.67. The number of nitrogens with two attached hydrogens (primary N) is 1. The van der Waals surface area contributed by atoms with Crippen molar-refractivity contribution in [3.63, 3.8) is 0 Å². The molecule has 2 aromatic carbocycles. The van der Waals surface area contributed by atoms with Gasteiger partial charge in [0.05, 0.1) is 41.2 Å². The number of rotatable bonds is 6. The van der Waals surface area contributed by atoms with Crippen LogP contribution in [0.5, 0.6) is 17.4 Å². The highest BCUT2D eigenvalue weighted by Crippen LogP contribution is 2.40. The fourth-order valence-corrected chi connectivity index (χ4v) is 3.87. The monoisotopic (exact) mass is 487 g/mol. The Bertz CT molecular complexity index is 1280. The predicted octanol–water partition coefficient (Wildman–Crippen LogP) is 4.57. The van der Waals surface area contributed by atoms with E-state index in [-0.39, 0.29) is 39.4 Å². The lowest BCUT2D eigenvalue weighted by molar-refractivity contribution is 0.0782. The van der Waals surface area contributed by atoms with Crippen molar-refractivity contribution in [3.8, 4) is 17.4 Å². The van der Waals surface area contributed by atoms with Crippen LogP contribution in [-0.4, -0.2) is 40.8 Å². The van der Waals surface area contributed by atoms with Gasteiger partial charge in [-0.25, -0.2) is 4.98 Å². The zero-order chi connectivity index (χ0) is 23.9. The number of primary amides is 1. The van der Waals surface area contributed by atoms with E-state index in [1.54, 1.807) is 24.1 Å². The third kappa shape index (κ3) is 4.12. The maximum Gasteiger partial charge on any atom is 0.258 e. The second-order valence-corrected chi connectivity index (χ2v) is 8.10. The number of amides is 2. The first kappa shape index (κ1) is 22.6. The van der Waals surface area contributed by atoms with E-state index in [0.29, 0.717) is 22.7 Å². The van der Waals surface area contributed by atoms with Crippen LogP contribution in [0.3, 0.4) is 0 Å². The fourth-order valence-electron chi connectivity index (χ4n) is 3.49. The Kier molecular flexibility index (Phi) is 6.01. The molecule has 0 spiro atoms. The summed E-state index contributed by atoms with van der Waals surface area (Å²) in [6.45, 7) is 1.94. The maximum atomic E-state index is 12.7. The van der Waals surface area contributed by atoms with Crippen LogP contribution in [0.25, 0.3) is 0 Å². The molecule has 170 valence electrons. The lowest BCUT2D eigenvalue weighted by Gasteiger charge is -2.14. The molecule has 0 fully saturated rings. The SMILES string of the molecule is COc1cc(C(N)=O)c(Cl)cc1Nc1ncc(Cl)c(Oc2cccc3c2C(=O)N(C)C3C)n1. The molecule has 4 rings (SSSR count). The highest BCUT2D eigenvalue weighted by atomic mass is 35.5. The summed E-state index contributed by atoms with van der Waals surface area (Å²) in [6.07, 6.45) is 1.36. The molecule has 1 unspecified atom stereocenters. The summed E-state index contributed by atoms with van der Waals surface area (Å²) in [5.74, 6) is -0.0143. The van der Waals surface area contributed by atoms with Gasteiger partial charge in [-0.3, -0.25) is 9.59 Å². The zero-order valence-electron chi connectivity index (χ0n) is 17.8. The van der Waals surface area contributed by atoms with Gasteiger partial charge in [-0.15, -0.1) is 0 Å². The summed E-state index contributed by atoms with van der Waals surface area (Å²) >= 11 is 12.4. The first-order valence-electron chi connectivity index (χ1n) is 9.76. The number of hydrogen-bond donors (Lipinski definition) is 2. The molecule has 0 bridgehead atoms. The van der Waals surface area contributed by atoms with Crippen molar-refractivity contribution >= 4 is 46.7 Å². The molecule has 0 saturated heterocycles. The van der Waals surface area contributed by atoms with Gasteiger partial charge in [-0.05, 0) is 30.7 Å². The van der Waals surface area contributed by atoms with Gasteiger partial charge in [0, 0.05) is 7.05 Å². The second kappa shape index (κ2) is 8.76. The third-order valence-electron chi connectivity index (χ3n) is 5.34. The van der Waals surface area contributed by atoms with E-state index >= 15 is 0 Å². The molecule has 3 aromatic rings. The van der Waals surface area contributed by atoms with E-state index in [4.69, 9.17) is 38.4 Å². The highest BCUT2D eigenvalue weighted by Gasteiger charge is 2.34. The van der Waals surface area contributed by atoms with Gasteiger partial charge >= 0.3 is 0 Å². The van der Waals surface area contributed by atoms with Crippen LogP contribution >= 0.6 is 23.2 Å². The topological polar surface area (TPSA) is 120 Å². The number of fused-ring (bicyclic) bond motifs is 1. The molecular weight excluding hydrogens is 469 g/mol. The van der Waals surface area contributed by atoms with Crippen LogP contribution in [-0.2, 0) is 0 Å². The average molecular weight is 488 g/mol. The van der Waals surface area contributed by atoms with Gasteiger partial charge in [0.1, 0.15) is 16.5 Å². The van der Waals surface area contributed by atoms with Gasteiger partial charge in [0.2, 0.25) is 17.7 Å². The lowest BCUT2D eigenvalue weighted by Crippen LogP contribution is -2.21. The molecule has 0 saturated carbocycles. The number of nitrogens with zero attached hydrogens (tertiary/aromatic N) is 3. The third-order valence-corrected chi connectivity index (χ3v) is 5.92. The molecule has 2 heterocycles. The summed E-state index contributed by atoms with van der Waals surface area (Å²) in [7, 11) is 3.17. The quantitative estimate of drug-likeness (QED) is 0.522. The Morgan fingerprint density at radius 1 is 1.21 bits per heavy atom. The summed E-state index contributed by atoms with van der Waals surface area (Å²) in [4.78, 5) is 34.3. The van der Waals surface area contributed by atoms with Crippen molar-refractivity contribution in [1.82, 2.24) is 14.9 Å². The number of hydrogen-bond acceptors (Lipinski definition) is 7.